The zero-order valence-electron chi connectivity index (χ0n) is 11.7. The van der Waals surface area contributed by atoms with Crippen molar-refractivity contribution < 1.29 is 14.3 Å². The van der Waals surface area contributed by atoms with E-state index in [4.69, 9.17) is 4.74 Å². The molecule has 1 aliphatic carbocycles. The first kappa shape index (κ1) is 14.5. The van der Waals surface area contributed by atoms with Crippen molar-refractivity contribution >= 4 is 11.8 Å². The molecule has 1 aromatic rings. The molecule has 0 aromatic heterocycles. The molecule has 0 fully saturated rings. The van der Waals surface area contributed by atoms with Gasteiger partial charge in [-0.1, -0.05) is 42.5 Å². The van der Waals surface area contributed by atoms with Crippen molar-refractivity contribution in [2.24, 2.45) is 11.8 Å². The van der Waals surface area contributed by atoms with E-state index in [0.717, 1.165) is 24.8 Å². The van der Waals surface area contributed by atoms with Gasteiger partial charge in [0.1, 0.15) is 18.3 Å². The highest BCUT2D eigenvalue weighted by Crippen LogP contribution is 2.26. The average Bonchev–Trinajstić information content (AvgIpc) is 2.47. The van der Waals surface area contributed by atoms with Gasteiger partial charge < -0.3 is 4.74 Å². The van der Waals surface area contributed by atoms with Crippen LogP contribution < -0.4 is 0 Å². The zero-order chi connectivity index (χ0) is 14.4. The van der Waals surface area contributed by atoms with Crippen LogP contribution in [0.5, 0.6) is 0 Å². The van der Waals surface area contributed by atoms with E-state index in [0.29, 0.717) is 0 Å². The molecule has 20 heavy (non-hydrogen) atoms. The Labute approximate surface area is 119 Å². The second-order valence-corrected chi connectivity index (χ2v) is 5.20. The van der Waals surface area contributed by atoms with Gasteiger partial charge in [-0.05, 0) is 37.7 Å². The Morgan fingerprint density at radius 2 is 2.05 bits per heavy atom. The number of esters is 1. The molecule has 0 N–H and O–H groups in total. The molecule has 0 saturated carbocycles. The van der Waals surface area contributed by atoms with Crippen molar-refractivity contribution in [2.75, 3.05) is 0 Å². The molecule has 0 spiro atoms. The van der Waals surface area contributed by atoms with E-state index in [1.54, 1.807) is 0 Å². The van der Waals surface area contributed by atoms with Crippen LogP contribution in [-0.4, -0.2) is 11.8 Å². The highest BCUT2D eigenvalue weighted by Gasteiger charge is 2.32. The predicted molar refractivity (Wildman–Crippen MR) is 76.9 cm³/mol. The number of carbonyl (C=O) groups is 2. The van der Waals surface area contributed by atoms with Crippen LogP contribution in [0.25, 0.3) is 0 Å². The summed E-state index contributed by atoms with van der Waals surface area (Å²) in [7, 11) is 0. The van der Waals surface area contributed by atoms with Gasteiger partial charge in [0, 0.05) is 0 Å². The number of benzene rings is 1. The zero-order valence-corrected chi connectivity index (χ0v) is 11.7. The third-order valence-corrected chi connectivity index (χ3v) is 3.64. The number of allylic oxidation sites excluding steroid dienone is 2. The van der Waals surface area contributed by atoms with Gasteiger partial charge in [-0.25, -0.2) is 0 Å². The minimum absolute atomic E-state index is 0.00970. The van der Waals surface area contributed by atoms with Crippen molar-refractivity contribution in [1.82, 2.24) is 0 Å². The molecule has 0 aliphatic heterocycles. The third-order valence-electron chi connectivity index (χ3n) is 3.64. The van der Waals surface area contributed by atoms with Gasteiger partial charge in [0.25, 0.3) is 0 Å². The topological polar surface area (TPSA) is 43.4 Å². The fourth-order valence-electron chi connectivity index (χ4n) is 2.58. The van der Waals surface area contributed by atoms with Crippen LogP contribution >= 0.6 is 0 Å². The molecule has 0 heterocycles. The van der Waals surface area contributed by atoms with Crippen molar-refractivity contribution in [1.29, 1.82) is 0 Å². The molecule has 1 aromatic carbocycles. The fourth-order valence-corrected chi connectivity index (χ4v) is 2.58. The van der Waals surface area contributed by atoms with Gasteiger partial charge in [-0.3, -0.25) is 9.59 Å². The number of Topliss-reactive ketones (excluding diaryl/α,β-unsaturated/α-hetero) is 1. The van der Waals surface area contributed by atoms with E-state index in [2.05, 4.69) is 6.08 Å². The van der Waals surface area contributed by atoms with Gasteiger partial charge in [-0.2, -0.15) is 0 Å². The predicted octanol–water partition coefficient (Wildman–Crippen LogP) is 3.29. The van der Waals surface area contributed by atoms with E-state index in [1.165, 1.54) is 6.92 Å². The lowest BCUT2D eigenvalue weighted by molar-refractivity contribution is -0.154. The molecular weight excluding hydrogens is 252 g/mol. The second kappa shape index (κ2) is 7.04. The van der Waals surface area contributed by atoms with Gasteiger partial charge in [-0.15, -0.1) is 0 Å². The molecule has 3 heteroatoms. The normalized spacial score (nSPS) is 19.4. The molecular formula is C17H20O3. The van der Waals surface area contributed by atoms with Crippen LogP contribution in [0.1, 0.15) is 31.7 Å². The maximum atomic E-state index is 12.2. The number of ether oxygens (including phenoxy) is 1. The summed E-state index contributed by atoms with van der Waals surface area (Å²) < 4.78 is 5.31. The molecule has 2 rings (SSSR count). The number of hydrogen-bond acceptors (Lipinski definition) is 3. The van der Waals surface area contributed by atoms with Crippen LogP contribution in [-0.2, 0) is 20.9 Å². The highest BCUT2D eigenvalue weighted by molar-refractivity contribution is 5.98. The minimum Gasteiger partial charge on any atom is -0.460 e. The molecule has 3 nitrogen and oxygen atoms in total. The molecule has 1 unspecified atom stereocenters. The largest absolute Gasteiger partial charge is 0.460 e. The highest BCUT2D eigenvalue weighted by atomic mass is 16.5. The van der Waals surface area contributed by atoms with Gasteiger partial charge in [0.2, 0.25) is 0 Å². The average molecular weight is 272 g/mol. The van der Waals surface area contributed by atoms with E-state index < -0.39 is 11.9 Å². The summed E-state index contributed by atoms with van der Waals surface area (Å²) in [6.07, 6.45) is 6.96. The summed E-state index contributed by atoms with van der Waals surface area (Å²) in [5.41, 5.74) is 0.933. The van der Waals surface area contributed by atoms with Crippen LogP contribution in [0.3, 0.4) is 0 Å². The van der Waals surface area contributed by atoms with Gasteiger partial charge in [0.05, 0.1) is 0 Å². The lowest BCUT2D eigenvalue weighted by atomic mass is 9.82. The Bertz CT molecular complexity index is 490. The fraction of sp³-hybridized carbons (Fsp3) is 0.412. The standard InChI is InChI=1S/C17H20O3/c1-13(18)16(15-10-6-3-7-11-15)17(19)20-12-14-8-4-2-5-9-14/h2,4-6,8-10,15-16H,3,7,11-12H2,1H3/t15-,16?/m0/s1. The van der Waals surface area contributed by atoms with Crippen molar-refractivity contribution in [3.63, 3.8) is 0 Å². The molecule has 0 amide bonds. The summed E-state index contributed by atoms with van der Waals surface area (Å²) >= 11 is 0. The summed E-state index contributed by atoms with van der Waals surface area (Å²) in [6, 6.07) is 9.51. The summed E-state index contributed by atoms with van der Waals surface area (Å²) in [5, 5.41) is 0. The smallest absolute Gasteiger partial charge is 0.317 e. The third kappa shape index (κ3) is 3.80. The Morgan fingerprint density at radius 1 is 1.30 bits per heavy atom. The lowest BCUT2D eigenvalue weighted by Gasteiger charge is -2.23. The monoisotopic (exact) mass is 272 g/mol. The number of ketones is 1. The first-order chi connectivity index (χ1) is 9.68. The second-order valence-electron chi connectivity index (χ2n) is 5.20. The molecule has 0 saturated heterocycles. The molecule has 106 valence electrons. The van der Waals surface area contributed by atoms with E-state index in [9.17, 15) is 9.59 Å². The Hall–Kier alpha value is -1.90. The first-order valence-corrected chi connectivity index (χ1v) is 7.06. The van der Waals surface area contributed by atoms with Crippen LogP contribution in [0.4, 0.5) is 0 Å². The van der Waals surface area contributed by atoms with Crippen LogP contribution in [0, 0.1) is 11.8 Å². The summed E-state index contributed by atoms with van der Waals surface area (Å²) in [4.78, 5) is 23.9. The summed E-state index contributed by atoms with van der Waals surface area (Å²) in [6.45, 7) is 1.69. The Balaban J connectivity index is 1.98. The van der Waals surface area contributed by atoms with E-state index >= 15 is 0 Å². The maximum absolute atomic E-state index is 12.2. The Morgan fingerprint density at radius 3 is 2.65 bits per heavy atom. The quantitative estimate of drug-likeness (QED) is 0.469. The lowest BCUT2D eigenvalue weighted by Crippen LogP contribution is -2.31. The molecule has 1 aliphatic rings. The van der Waals surface area contributed by atoms with E-state index in [-0.39, 0.29) is 18.3 Å². The first-order valence-electron chi connectivity index (χ1n) is 7.06. The van der Waals surface area contributed by atoms with Crippen molar-refractivity contribution in [3.8, 4) is 0 Å². The summed E-state index contributed by atoms with van der Waals surface area (Å²) in [5.74, 6) is -1.18. The van der Waals surface area contributed by atoms with Crippen LogP contribution in [0.2, 0.25) is 0 Å². The van der Waals surface area contributed by atoms with Crippen molar-refractivity contribution in [3.05, 3.63) is 48.0 Å². The van der Waals surface area contributed by atoms with Gasteiger partial charge in [0.15, 0.2) is 0 Å². The number of hydrogen-bond donors (Lipinski definition) is 0. The Kier molecular flexibility index (Phi) is 5.10. The molecule has 0 radical (unpaired) electrons. The van der Waals surface area contributed by atoms with Gasteiger partial charge >= 0.3 is 5.97 Å². The number of rotatable bonds is 5. The molecule has 0 bridgehead atoms. The minimum atomic E-state index is -0.657. The maximum Gasteiger partial charge on any atom is 0.317 e. The van der Waals surface area contributed by atoms with Crippen LogP contribution in [0.15, 0.2) is 42.5 Å². The van der Waals surface area contributed by atoms with E-state index in [1.807, 2.05) is 36.4 Å². The SMILES string of the molecule is CC(=O)C(C(=O)OCc1ccccc1)[C@H]1C=CCCC1. The van der Waals surface area contributed by atoms with Crippen molar-refractivity contribution in [2.45, 2.75) is 32.8 Å². The number of carbonyl (C=O) groups excluding carboxylic acids is 2. The molecule has 2 atom stereocenters.